The summed E-state index contributed by atoms with van der Waals surface area (Å²) >= 11 is 0. The monoisotopic (exact) mass is 477 g/mol. The SMILES string of the molecule is CCOC(=O)CN/C=C1/C=CC=CC1=O.CCOC(=O)CN/C=C1/C=CC=CC1=O.[Cu]. The first kappa shape index (κ1) is 27.8. The number of carbonyl (C=O) groups excluding carboxylic acids is 4. The van der Waals surface area contributed by atoms with Crippen LogP contribution in [0.15, 0.2) is 72.2 Å². The molecule has 0 unspecified atom stereocenters. The second kappa shape index (κ2) is 16.6. The van der Waals surface area contributed by atoms with Crippen molar-refractivity contribution in [2.24, 2.45) is 0 Å². The summed E-state index contributed by atoms with van der Waals surface area (Å²) in [5, 5.41) is 5.46. The number of nitrogens with one attached hydrogen (secondary N) is 2. The van der Waals surface area contributed by atoms with Crippen LogP contribution in [0.5, 0.6) is 0 Å². The molecular formula is C22H26CuN2O6. The summed E-state index contributed by atoms with van der Waals surface area (Å²) in [5.74, 6) is -0.822. The van der Waals surface area contributed by atoms with Gasteiger partial charge in [0, 0.05) is 40.6 Å². The third-order valence-corrected chi connectivity index (χ3v) is 3.46. The molecule has 9 heteroatoms. The molecule has 2 rings (SSSR count). The minimum Gasteiger partial charge on any atom is -0.465 e. The van der Waals surface area contributed by atoms with Crippen molar-refractivity contribution in [3.05, 3.63) is 72.2 Å². The first-order valence-corrected chi connectivity index (χ1v) is 9.44. The summed E-state index contributed by atoms with van der Waals surface area (Å²) in [6.45, 7) is 4.35. The summed E-state index contributed by atoms with van der Waals surface area (Å²) in [4.78, 5) is 44.3. The maximum atomic E-state index is 11.2. The van der Waals surface area contributed by atoms with Crippen molar-refractivity contribution in [1.82, 2.24) is 10.6 Å². The van der Waals surface area contributed by atoms with Crippen LogP contribution in [0.4, 0.5) is 0 Å². The Hall–Kier alpha value is -3.16. The molecule has 2 aliphatic carbocycles. The number of ketones is 2. The summed E-state index contributed by atoms with van der Waals surface area (Å²) in [7, 11) is 0. The fourth-order valence-corrected chi connectivity index (χ4v) is 2.11. The summed E-state index contributed by atoms with van der Waals surface area (Å²) in [6, 6.07) is 0. The van der Waals surface area contributed by atoms with Crippen LogP contribution >= 0.6 is 0 Å². The number of allylic oxidation sites excluding steroid dienone is 10. The van der Waals surface area contributed by atoms with E-state index < -0.39 is 0 Å². The molecule has 1 radical (unpaired) electrons. The average molecular weight is 478 g/mol. The third-order valence-electron chi connectivity index (χ3n) is 3.46. The number of esters is 2. The van der Waals surface area contributed by atoms with E-state index in [0.717, 1.165) is 0 Å². The minimum absolute atomic E-state index is 0. The molecule has 2 aliphatic rings. The van der Waals surface area contributed by atoms with Crippen molar-refractivity contribution < 1.29 is 45.7 Å². The summed E-state index contributed by atoms with van der Waals surface area (Å²) in [6.07, 6.45) is 16.2. The first-order chi connectivity index (χ1) is 14.5. The first-order valence-electron chi connectivity index (χ1n) is 9.44. The van der Waals surface area contributed by atoms with Crippen molar-refractivity contribution in [1.29, 1.82) is 0 Å². The van der Waals surface area contributed by atoms with Gasteiger partial charge in [-0.15, -0.1) is 0 Å². The van der Waals surface area contributed by atoms with E-state index in [1.807, 2.05) is 0 Å². The smallest absolute Gasteiger partial charge is 0.325 e. The molecule has 171 valence electrons. The normalized spacial score (nSPS) is 16.3. The molecule has 2 N–H and O–H groups in total. The van der Waals surface area contributed by atoms with Gasteiger partial charge in [0.05, 0.1) is 13.2 Å². The molecular weight excluding hydrogens is 452 g/mol. The molecule has 0 amide bonds. The van der Waals surface area contributed by atoms with Crippen LogP contribution in [0.3, 0.4) is 0 Å². The Bertz CT molecular complexity index is 754. The largest absolute Gasteiger partial charge is 0.465 e. The van der Waals surface area contributed by atoms with Crippen LogP contribution in [0, 0.1) is 0 Å². The third kappa shape index (κ3) is 12.2. The van der Waals surface area contributed by atoms with Crippen molar-refractivity contribution in [2.75, 3.05) is 26.3 Å². The molecule has 0 aromatic rings. The Labute approximate surface area is 192 Å². The number of rotatable bonds is 8. The molecule has 0 heterocycles. The zero-order valence-electron chi connectivity index (χ0n) is 17.4. The topological polar surface area (TPSA) is 111 Å². The van der Waals surface area contributed by atoms with Crippen LogP contribution in [0.1, 0.15) is 13.8 Å². The van der Waals surface area contributed by atoms with Crippen molar-refractivity contribution in [2.45, 2.75) is 13.8 Å². The molecule has 0 saturated heterocycles. The van der Waals surface area contributed by atoms with E-state index in [4.69, 9.17) is 9.47 Å². The van der Waals surface area contributed by atoms with Crippen molar-refractivity contribution in [3.63, 3.8) is 0 Å². The van der Waals surface area contributed by atoms with Crippen LogP contribution in [-0.4, -0.2) is 49.8 Å². The Balaban J connectivity index is 0.000000562. The quantitative estimate of drug-likeness (QED) is 0.307. The van der Waals surface area contributed by atoms with E-state index in [0.29, 0.717) is 24.4 Å². The predicted octanol–water partition coefficient (Wildman–Crippen LogP) is 1.43. The van der Waals surface area contributed by atoms with E-state index in [9.17, 15) is 19.2 Å². The summed E-state index contributed by atoms with van der Waals surface area (Å²) < 4.78 is 9.42. The van der Waals surface area contributed by atoms with E-state index >= 15 is 0 Å². The second-order valence-electron chi connectivity index (χ2n) is 5.74. The predicted molar refractivity (Wildman–Crippen MR) is 112 cm³/mol. The zero-order valence-corrected chi connectivity index (χ0v) is 18.3. The van der Waals surface area contributed by atoms with Gasteiger partial charge < -0.3 is 20.1 Å². The Morgan fingerprint density at radius 3 is 1.42 bits per heavy atom. The molecule has 0 aromatic carbocycles. The van der Waals surface area contributed by atoms with Gasteiger partial charge in [-0.1, -0.05) is 24.3 Å². The molecule has 0 spiro atoms. The van der Waals surface area contributed by atoms with E-state index in [1.54, 1.807) is 50.3 Å². The van der Waals surface area contributed by atoms with E-state index in [2.05, 4.69) is 10.6 Å². The van der Waals surface area contributed by atoms with Crippen molar-refractivity contribution >= 4 is 23.5 Å². The average Bonchev–Trinajstić information content (AvgIpc) is 2.72. The Kier molecular flexibility index (Phi) is 14.9. The van der Waals surface area contributed by atoms with Gasteiger partial charge in [0.25, 0.3) is 0 Å². The van der Waals surface area contributed by atoms with Crippen LogP contribution in [0.25, 0.3) is 0 Å². The van der Waals surface area contributed by atoms with Gasteiger partial charge in [-0.3, -0.25) is 19.2 Å². The molecule has 0 aliphatic heterocycles. The maximum Gasteiger partial charge on any atom is 0.325 e. The van der Waals surface area contributed by atoms with Crippen LogP contribution < -0.4 is 10.6 Å². The van der Waals surface area contributed by atoms with Crippen LogP contribution in [0.2, 0.25) is 0 Å². The van der Waals surface area contributed by atoms with Crippen molar-refractivity contribution in [3.8, 4) is 0 Å². The Morgan fingerprint density at radius 2 is 1.10 bits per heavy atom. The fraction of sp³-hybridized carbons (Fsp3) is 0.273. The fourth-order valence-electron chi connectivity index (χ4n) is 2.11. The molecule has 0 saturated carbocycles. The standard InChI is InChI=1S/2C11H13NO3.Cu/c2*1-2-15-11(14)8-12-7-9-5-3-4-6-10(9)13;/h2*3-7,12H,2,8H2,1H3;/b2*9-7-;. The van der Waals surface area contributed by atoms with E-state index in [-0.39, 0.29) is 53.7 Å². The van der Waals surface area contributed by atoms with Gasteiger partial charge in [-0.25, -0.2) is 0 Å². The van der Waals surface area contributed by atoms with Gasteiger partial charge in [0.2, 0.25) is 0 Å². The Morgan fingerprint density at radius 1 is 0.742 bits per heavy atom. The molecule has 0 bridgehead atoms. The minimum atomic E-state index is -0.336. The van der Waals surface area contributed by atoms with Gasteiger partial charge in [0.1, 0.15) is 13.1 Å². The zero-order chi connectivity index (χ0) is 22.2. The van der Waals surface area contributed by atoms with Gasteiger partial charge in [-0.05, 0) is 38.2 Å². The molecule has 0 fully saturated rings. The van der Waals surface area contributed by atoms with Gasteiger partial charge >= 0.3 is 11.9 Å². The molecule has 8 nitrogen and oxygen atoms in total. The number of hydrogen-bond donors (Lipinski definition) is 2. The van der Waals surface area contributed by atoms with Gasteiger partial charge in [0.15, 0.2) is 11.6 Å². The van der Waals surface area contributed by atoms with Crippen LogP contribution in [-0.2, 0) is 45.7 Å². The number of ether oxygens (including phenoxy) is 2. The van der Waals surface area contributed by atoms with E-state index in [1.165, 1.54) is 24.6 Å². The number of carbonyl (C=O) groups is 4. The number of hydrogen-bond acceptors (Lipinski definition) is 8. The second-order valence-corrected chi connectivity index (χ2v) is 5.74. The van der Waals surface area contributed by atoms with Gasteiger partial charge in [-0.2, -0.15) is 0 Å². The summed E-state index contributed by atoms with van der Waals surface area (Å²) in [5.41, 5.74) is 1.06. The molecule has 0 aromatic heterocycles. The molecule has 31 heavy (non-hydrogen) atoms. The molecule has 0 atom stereocenters. The maximum absolute atomic E-state index is 11.2.